The van der Waals surface area contributed by atoms with E-state index in [0.29, 0.717) is 6.04 Å². The van der Waals surface area contributed by atoms with Gasteiger partial charge >= 0.3 is 0 Å². The molecule has 0 saturated carbocycles. The first-order valence-electron chi connectivity index (χ1n) is 5.78. The maximum absolute atomic E-state index is 3.52. The number of hydrogen-bond acceptors (Lipinski definition) is 2. The Bertz CT molecular complexity index is 296. The molecule has 0 aliphatic carbocycles. The first-order valence-corrected chi connectivity index (χ1v) is 6.60. The van der Waals surface area contributed by atoms with E-state index in [1.807, 2.05) is 11.3 Å². The van der Waals surface area contributed by atoms with Crippen molar-refractivity contribution in [1.29, 1.82) is 0 Å². The summed E-state index contributed by atoms with van der Waals surface area (Å²) in [4.78, 5) is 2.93. The Balaban J connectivity index is 2.67. The van der Waals surface area contributed by atoms with Gasteiger partial charge in [0.1, 0.15) is 0 Å². The summed E-state index contributed by atoms with van der Waals surface area (Å²) >= 11 is 1.94. The van der Waals surface area contributed by atoms with Gasteiger partial charge in [0, 0.05) is 15.8 Å². The van der Waals surface area contributed by atoms with Crippen molar-refractivity contribution in [3.05, 3.63) is 21.9 Å². The van der Waals surface area contributed by atoms with E-state index in [2.05, 4.69) is 52.1 Å². The predicted octanol–water partition coefficient (Wildman–Crippen LogP) is 4.11. The highest BCUT2D eigenvalue weighted by atomic mass is 32.1. The molecule has 2 heteroatoms. The molecule has 0 bridgehead atoms. The Morgan fingerprint density at radius 3 is 2.47 bits per heavy atom. The molecule has 0 aromatic carbocycles. The summed E-state index contributed by atoms with van der Waals surface area (Å²) in [5.74, 6) is 0. The van der Waals surface area contributed by atoms with E-state index in [4.69, 9.17) is 0 Å². The molecule has 0 saturated heterocycles. The molecule has 1 N–H and O–H groups in total. The summed E-state index contributed by atoms with van der Waals surface area (Å²) in [5, 5.41) is 3.52. The summed E-state index contributed by atoms with van der Waals surface area (Å²) in [7, 11) is 0. The van der Waals surface area contributed by atoms with Gasteiger partial charge in [0.2, 0.25) is 0 Å². The van der Waals surface area contributed by atoms with Gasteiger partial charge in [-0.15, -0.1) is 11.3 Å². The highest BCUT2D eigenvalue weighted by molar-refractivity contribution is 7.12. The van der Waals surface area contributed by atoms with Crippen LogP contribution >= 0.6 is 11.3 Å². The van der Waals surface area contributed by atoms with Crippen molar-refractivity contribution in [2.45, 2.75) is 52.5 Å². The second-order valence-corrected chi connectivity index (χ2v) is 6.24. The lowest BCUT2D eigenvalue weighted by Crippen LogP contribution is -2.18. The van der Waals surface area contributed by atoms with Crippen LogP contribution in [0.25, 0.3) is 0 Å². The van der Waals surface area contributed by atoms with Gasteiger partial charge in [0.15, 0.2) is 0 Å². The number of nitrogens with one attached hydrogen (secondary N) is 1. The van der Waals surface area contributed by atoms with Gasteiger partial charge in [-0.25, -0.2) is 0 Å². The highest BCUT2D eigenvalue weighted by Crippen LogP contribution is 2.32. The lowest BCUT2D eigenvalue weighted by molar-refractivity contribution is 0.578. The third-order valence-corrected chi connectivity index (χ3v) is 4.19. The van der Waals surface area contributed by atoms with Crippen molar-refractivity contribution in [3.8, 4) is 0 Å². The van der Waals surface area contributed by atoms with E-state index in [-0.39, 0.29) is 5.41 Å². The fourth-order valence-electron chi connectivity index (χ4n) is 1.45. The van der Waals surface area contributed by atoms with Crippen LogP contribution in [0.5, 0.6) is 0 Å². The number of thiophene rings is 1. The SMILES string of the molecule is CCCNC(C)c1ccc(C(C)(C)C)s1. The van der Waals surface area contributed by atoms with Crippen LogP contribution in [0.15, 0.2) is 12.1 Å². The van der Waals surface area contributed by atoms with Crippen molar-refractivity contribution >= 4 is 11.3 Å². The molecule has 1 atom stereocenters. The molecular weight excluding hydrogens is 202 g/mol. The monoisotopic (exact) mass is 225 g/mol. The van der Waals surface area contributed by atoms with Gasteiger partial charge in [-0.05, 0) is 37.4 Å². The standard InChI is InChI=1S/C13H23NS/c1-6-9-14-10(2)11-7-8-12(15-11)13(3,4)5/h7-8,10,14H,6,9H2,1-5H3. The van der Waals surface area contributed by atoms with Crippen molar-refractivity contribution in [2.75, 3.05) is 6.54 Å². The van der Waals surface area contributed by atoms with Crippen LogP contribution in [0.1, 0.15) is 56.8 Å². The van der Waals surface area contributed by atoms with Crippen LogP contribution in [0.4, 0.5) is 0 Å². The molecule has 1 nitrogen and oxygen atoms in total. The Kier molecular flexibility index (Phi) is 4.35. The Morgan fingerprint density at radius 1 is 1.33 bits per heavy atom. The van der Waals surface area contributed by atoms with E-state index < -0.39 is 0 Å². The zero-order chi connectivity index (χ0) is 11.5. The second kappa shape index (κ2) is 5.13. The van der Waals surface area contributed by atoms with Crippen molar-refractivity contribution in [3.63, 3.8) is 0 Å². The highest BCUT2D eigenvalue weighted by Gasteiger charge is 2.17. The Morgan fingerprint density at radius 2 is 2.00 bits per heavy atom. The van der Waals surface area contributed by atoms with E-state index in [1.165, 1.54) is 16.2 Å². The summed E-state index contributed by atoms with van der Waals surface area (Å²) < 4.78 is 0. The first kappa shape index (κ1) is 12.7. The zero-order valence-electron chi connectivity index (χ0n) is 10.6. The second-order valence-electron chi connectivity index (χ2n) is 5.13. The summed E-state index contributed by atoms with van der Waals surface area (Å²) in [6, 6.07) is 5.02. The van der Waals surface area contributed by atoms with Gasteiger partial charge in [0.25, 0.3) is 0 Å². The van der Waals surface area contributed by atoms with Crippen LogP contribution in [0.2, 0.25) is 0 Å². The number of rotatable bonds is 4. The maximum Gasteiger partial charge on any atom is 0.0386 e. The molecule has 1 aromatic heterocycles. The third kappa shape index (κ3) is 3.62. The minimum Gasteiger partial charge on any atom is -0.309 e. The van der Waals surface area contributed by atoms with E-state index in [0.717, 1.165) is 6.54 Å². The van der Waals surface area contributed by atoms with Gasteiger partial charge in [0.05, 0.1) is 0 Å². The molecule has 0 fully saturated rings. The molecule has 0 spiro atoms. The molecule has 1 aromatic rings. The van der Waals surface area contributed by atoms with Gasteiger partial charge in [-0.2, -0.15) is 0 Å². The van der Waals surface area contributed by atoms with Gasteiger partial charge in [-0.3, -0.25) is 0 Å². The van der Waals surface area contributed by atoms with Crippen LogP contribution in [-0.4, -0.2) is 6.54 Å². The van der Waals surface area contributed by atoms with Crippen molar-refractivity contribution < 1.29 is 0 Å². The lowest BCUT2D eigenvalue weighted by Gasteiger charge is -2.16. The Hall–Kier alpha value is -0.340. The minimum absolute atomic E-state index is 0.285. The molecule has 15 heavy (non-hydrogen) atoms. The molecule has 0 aliphatic heterocycles. The normalized spacial score (nSPS) is 14.2. The molecular formula is C13H23NS. The van der Waals surface area contributed by atoms with E-state index in [1.54, 1.807) is 0 Å². The quantitative estimate of drug-likeness (QED) is 0.813. The fraction of sp³-hybridized carbons (Fsp3) is 0.692. The molecule has 86 valence electrons. The van der Waals surface area contributed by atoms with Crippen LogP contribution < -0.4 is 5.32 Å². The summed E-state index contributed by atoms with van der Waals surface area (Å²) in [5.41, 5.74) is 0.285. The molecule has 1 rings (SSSR count). The van der Waals surface area contributed by atoms with E-state index >= 15 is 0 Å². The topological polar surface area (TPSA) is 12.0 Å². The largest absolute Gasteiger partial charge is 0.309 e. The van der Waals surface area contributed by atoms with Crippen LogP contribution in [-0.2, 0) is 5.41 Å². The third-order valence-electron chi connectivity index (χ3n) is 2.49. The van der Waals surface area contributed by atoms with E-state index in [9.17, 15) is 0 Å². The summed E-state index contributed by atoms with van der Waals surface area (Å²) in [6.07, 6.45) is 1.20. The molecule has 1 heterocycles. The average molecular weight is 225 g/mol. The number of hydrogen-bond donors (Lipinski definition) is 1. The van der Waals surface area contributed by atoms with Gasteiger partial charge < -0.3 is 5.32 Å². The molecule has 0 radical (unpaired) electrons. The average Bonchev–Trinajstić information content (AvgIpc) is 2.62. The van der Waals surface area contributed by atoms with Crippen molar-refractivity contribution in [2.24, 2.45) is 0 Å². The lowest BCUT2D eigenvalue weighted by atomic mass is 9.95. The minimum atomic E-state index is 0.285. The molecule has 0 amide bonds. The Labute approximate surface area is 97.9 Å². The smallest absolute Gasteiger partial charge is 0.0386 e. The van der Waals surface area contributed by atoms with Crippen LogP contribution in [0.3, 0.4) is 0 Å². The predicted molar refractivity (Wildman–Crippen MR) is 69.7 cm³/mol. The molecule has 0 aliphatic rings. The van der Waals surface area contributed by atoms with Gasteiger partial charge in [-0.1, -0.05) is 27.7 Å². The molecule has 1 unspecified atom stereocenters. The van der Waals surface area contributed by atoms with Crippen LogP contribution in [0, 0.1) is 0 Å². The first-order chi connectivity index (χ1) is 6.95. The summed E-state index contributed by atoms with van der Waals surface area (Å²) in [6.45, 7) is 12.4. The fourth-order valence-corrected chi connectivity index (χ4v) is 2.54. The van der Waals surface area contributed by atoms with Crippen molar-refractivity contribution in [1.82, 2.24) is 5.32 Å². The maximum atomic E-state index is 3.52. The zero-order valence-corrected chi connectivity index (χ0v) is 11.4.